The first-order valence-electron chi connectivity index (χ1n) is 6.76. The fraction of sp³-hybridized carbons (Fsp3) is 0.769. The van der Waals surface area contributed by atoms with Crippen molar-refractivity contribution in [3.8, 4) is 0 Å². The minimum atomic E-state index is -0.993. The van der Waals surface area contributed by atoms with Gasteiger partial charge in [-0.2, -0.15) is 0 Å². The molecule has 0 aromatic heterocycles. The topological polar surface area (TPSA) is 90.0 Å². The van der Waals surface area contributed by atoms with Crippen LogP contribution >= 0.6 is 0 Å². The third-order valence-corrected chi connectivity index (χ3v) is 3.49. The van der Waals surface area contributed by atoms with Crippen LogP contribution in [0.15, 0.2) is 0 Å². The molecule has 0 atom stereocenters. The van der Waals surface area contributed by atoms with Gasteiger partial charge in [-0.1, -0.05) is 0 Å². The number of carboxylic acids is 1. The van der Waals surface area contributed by atoms with Gasteiger partial charge in [-0.3, -0.25) is 9.59 Å². The van der Waals surface area contributed by atoms with Gasteiger partial charge < -0.3 is 20.2 Å². The maximum absolute atomic E-state index is 12.0. The summed E-state index contributed by atoms with van der Waals surface area (Å²) in [5.41, 5.74) is -0.993. The van der Waals surface area contributed by atoms with E-state index in [2.05, 4.69) is 5.32 Å². The first-order chi connectivity index (χ1) is 9.24. The zero-order valence-electron chi connectivity index (χ0n) is 12.3. The Balaban J connectivity index is 2.48. The summed E-state index contributed by atoms with van der Waals surface area (Å²) in [7, 11) is 0. The minimum Gasteiger partial charge on any atom is -0.481 e. The van der Waals surface area contributed by atoms with E-state index in [9.17, 15) is 14.4 Å². The average molecular weight is 285 g/mol. The molecule has 1 aliphatic heterocycles. The summed E-state index contributed by atoms with van der Waals surface area (Å²) in [5, 5.41) is 11.6. The van der Waals surface area contributed by atoms with E-state index >= 15 is 0 Å². The van der Waals surface area contributed by atoms with Crippen molar-refractivity contribution in [1.29, 1.82) is 0 Å². The van der Waals surface area contributed by atoms with Gasteiger partial charge in [-0.05, 0) is 20.3 Å². The van der Waals surface area contributed by atoms with E-state index < -0.39 is 11.4 Å². The number of carbonyl (C=O) groups is 3. The minimum absolute atomic E-state index is 0.0132. The van der Waals surface area contributed by atoms with Crippen LogP contribution in [-0.4, -0.2) is 65.5 Å². The molecule has 0 unspecified atom stereocenters. The number of aliphatic carboxylic acids is 1. The molecule has 0 saturated carbocycles. The predicted molar refractivity (Wildman–Crippen MR) is 73.3 cm³/mol. The normalized spacial score (nSPS) is 16.6. The fourth-order valence-electron chi connectivity index (χ4n) is 1.92. The van der Waals surface area contributed by atoms with Crippen LogP contribution in [0.1, 0.15) is 27.2 Å². The molecule has 1 saturated heterocycles. The zero-order chi connectivity index (χ0) is 15.3. The monoisotopic (exact) mass is 285 g/mol. The number of carboxylic acid groups (broad SMARTS) is 1. The van der Waals surface area contributed by atoms with Crippen molar-refractivity contribution < 1.29 is 19.5 Å². The maximum atomic E-state index is 12.0. The Morgan fingerprint density at radius 1 is 1.10 bits per heavy atom. The SMILES string of the molecule is CC(=O)N1CCCN(C(=O)NCC(C)(C)C(=O)O)CC1. The molecule has 1 fully saturated rings. The van der Waals surface area contributed by atoms with Crippen LogP contribution in [0.5, 0.6) is 0 Å². The maximum Gasteiger partial charge on any atom is 0.317 e. The van der Waals surface area contributed by atoms with Gasteiger partial charge in [0, 0.05) is 39.6 Å². The van der Waals surface area contributed by atoms with Crippen molar-refractivity contribution in [3.05, 3.63) is 0 Å². The first kappa shape index (κ1) is 16.3. The van der Waals surface area contributed by atoms with Crippen LogP contribution < -0.4 is 5.32 Å². The Morgan fingerprint density at radius 2 is 1.65 bits per heavy atom. The largest absolute Gasteiger partial charge is 0.481 e. The Kier molecular flexibility index (Phi) is 5.35. The summed E-state index contributed by atoms with van der Waals surface area (Å²) in [6, 6.07) is -0.273. The molecule has 20 heavy (non-hydrogen) atoms. The van der Waals surface area contributed by atoms with E-state index in [-0.39, 0.29) is 18.5 Å². The number of amides is 3. The molecular weight excluding hydrogens is 262 g/mol. The number of urea groups is 1. The van der Waals surface area contributed by atoms with E-state index in [1.807, 2.05) is 0 Å². The molecule has 7 nitrogen and oxygen atoms in total. The van der Waals surface area contributed by atoms with Gasteiger partial charge >= 0.3 is 12.0 Å². The number of carbonyl (C=O) groups excluding carboxylic acids is 2. The quantitative estimate of drug-likeness (QED) is 0.783. The number of nitrogens with zero attached hydrogens (tertiary/aromatic N) is 2. The van der Waals surface area contributed by atoms with Crippen LogP contribution in [-0.2, 0) is 9.59 Å². The van der Waals surface area contributed by atoms with E-state index in [4.69, 9.17) is 5.11 Å². The Morgan fingerprint density at radius 3 is 2.20 bits per heavy atom. The number of hydrogen-bond acceptors (Lipinski definition) is 3. The smallest absolute Gasteiger partial charge is 0.317 e. The highest BCUT2D eigenvalue weighted by Crippen LogP contribution is 2.13. The molecule has 1 aliphatic rings. The van der Waals surface area contributed by atoms with Crippen LogP contribution in [0, 0.1) is 5.41 Å². The van der Waals surface area contributed by atoms with Gasteiger partial charge in [-0.15, -0.1) is 0 Å². The van der Waals surface area contributed by atoms with Crippen molar-refractivity contribution in [1.82, 2.24) is 15.1 Å². The predicted octanol–water partition coefficient (Wildman–Crippen LogP) is 0.361. The standard InChI is InChI=1S/C13H23N3O4/c1-10(17)15-5-4-6-16(8-7-15)12(20)14-9-13(2,3)11(18)19/h4-9H2,1-3H3,(H,14,20)(H,18,19). The van der Waals surface area contributed by atoms with Crippen LogP contribution in [0.25, 0.3) is 0 Å². The molecule has 0 aliphatic carbocycles. The zero-order valence-corrected chi connectivity index (χ0v) is 12.3. The summed E-state index contributed by atoms with van der Waals surface area (Å²) in [5.74, 6) is -0.935. The molecule has 7 heteroatoms. The number of rotatable bonds is 3. The van der Waals surface area contributed by atoms with Crippen molar-refractivity contribution in [2.45, 2.75) is 27.2 Å². The van der Waals surface area contributed by atoms with Crippen molar-refractivity contribution >= 4 is 17.9 Å². The van der Waals surface area contributed by atoms with Crippen molar-refractivity contribution in [3.63, 3.8) is 0 Å². The van der Waals surface area contributed by atoms with Crippen LogP contribution in [0.3, 0.4) is 0 Å². The van der Waals surface area contributed by atoms with E-state index in [1.165, 1.54) is 6.92 Å². The van der Waals surface area contributed by atoms with Crippen molar-refractivity contribution in [2.24, 2.45) is 5.41 Å². The lowest BCUT2D eigenvalue weighted by Gasteiger charge is -2.25. The third kappa shape index (κ3) is 4.40. The molecule has 0 spiro atoms. The van der Waals surface area contributed by atoms with E-state index in [0.717, 1.165) is 6.42 Å². The average Bonchev–Trinajstić information content (AvgIpc) is 2.61. The molecule has 0 radical (unpaired) electrons. The van der Waals surface area contributed by atoms with Gasteiger partial charge in [-0.25, -0.2) is 4.79 Å². The second-order valence-electron chi connectivity index (χ2n) is 5.69. The second-order valence-corrected chi connectivity index (χ2v) is 5.69. The summed E-state index contributed by atoms with van der Waals surface area (Å²) < 4.78 is 0. The van der Waals surface area contributed by atoms with Crippen molar-refractivity contribution in [2.75, 3.05) is 32.7 Å². The lowest BCUT2D eigenvalue weighted by molar-refractivity contribution is -0.146. The Labute approximate surface area is 118 Å². The molecule has 0 bridgehead atoms. The highest BCUT2D eigenvalue weighted by molar-refractivity contribution is 5.78. The Bertz CT molecular complexity index is 395. The van der Waals surface area contributed by atoms with Crippen LogP contribution in [0.2, 0.25) is 0 Å². The molecule has 2 N–H and O–H groups in total. The molecule has 0 aromatic rings. The summed E-state index contributed by atoms with van der Waals surface area (Å²) >= 11 is 0. The van der Waals surface area contributed by atoms with Gasteiger partial charge in [0.25, 0.3) is 0 Å². The summed E-state index contributed by atoms with van der Waals surface area (Å²) in [6.07, 6.45) is 0.731. The summed E-state index contributed by atoms with van der Waals surface area (Å²) in [4.78, 5) is 37.6. The lowest BCUT2D eigenvalue weighted by Crippen LogP contribution is -2.46. The third-order valence-electron chi connectivity index (χ3n) is 3.49. The molecule has 3 amide bonds. The molecule has 114 valence electrons. The van der Waals surface area contributed by atoms with E-state index in [0.29, 0.717) is 26.2 Å². The number of hydrogen-bond donors (Lipinski definition) is 2. The molecule has 1 rings (SSSR count). The van der Waals surface area contributed by atoms with Gasteiger partial charge in [0.1, 0.15) is 0 Å². The molecule has 0 aromatic carbocycles. The molecular formula is C13H23N3O4. The van der Waals surface area contributed by atoms with Gasteiger partial charge in [0.2, 0.25) is 5.91 Å². The lowest BCUT2D eigenvalue weighted by atomic mass is 9.94. The highest BCUT2D eigenvalue weighted by Gasteiger charge is 2.29. The Hall–Kier alpha value is -1.79. The summed E-state index contributed by atoms with van der Waals surface area (Å²) in [6.45, 7) is 6.94. The fourth-order valence-corrected chi connectivity index (χ4v) is 1.92. The highest BCUT2D eigenvalue weighted by atomic mass is 16.4. The van der Waals surface area contributed by atoms with Gasteiger partial charge in [0.15, 0.2) is 0 Å². The second kappa shape index (κ2) is 6.58. The van der Waals surface area contributed by atoms with Gasteiger partial charge in [0.05, 0.1) is 5.41 Å². The molecule has 1 heterocycles. The van der Waals surface area contributed by atoms with E-state index in [1.54, 1.807) is 23.6 Å². The first-order valence-corrected chi connectivity index (χ1v) is 6.76. The van der Waals surface area contributed by atoms with Crippen LogP contribution in [0.4, 0.5) is 4.79 Å². The number of nitrogens with one attached hydrogen (secondary N) is 1.